The molecule has 5 nitrogen and oxygen atoms in total. The van der Waals surface area contributed by atoms with Gasteiger partial charge in [-0.3, -0.25) is 9.69 Å². The van der Waals surface area contributed by atoms with Crippen LogP contribution in [0.2, 0.25) is 0 Å². The van der Waals surface area contributed by atoms with Gasteiger partial charge < -0.3 is 4.42 Å². The van der Waals surface area contributed by atoms with E-state index in [9.17, 15) is 4.79 Å². The number of carbonyl (C=O) groups excluding carboxylic acids is 1. The molecule has 1 aliphatic heterocycles. The van der Waals surface area contributed by atoms with Gasteiger partial charge in [-0.05, 0) is 42.3 Å². The molecule has 3 aromatic carbocycles. The predicted molar refractivity (Wildman–Crippen MR) is 149 cm³/mol. The fourth-order valence-electron chi connectivity index (χ4n) is 4.22. The minimum Gasteiger partial charge on any atom is -0.454 e. The molecule has 1 fully saturated rings. The summed E-state index contributed by atoms with van der Waals surface area (Å²) in [6.45, 7) is 0.547. The predicted octanol–water partition coefficient (Wildman–Crippen LogP) is 6.73. The molecule has 7 heteroatoms. The summed E-state index contributed by atoms with van der Waals surface area (Å²) in [7, 11) is 0. The zero-order valence-electron chi connectivity index (χ0n) is 19.2. The Labute approximate surface area is 218 Å². The monoisotopic (exact) mass is 507 g/mol. The Morgan fingerprint density at radius 2 is 1.67 bits per heavy atom. The number of carbonyl (C=O) groups is 1. The van der Waals surface area contributed by atoms with Crippen LogP contribution >= 0.6 is 24.0 Å². The molecule has 0 atom stereocenters. The van der Waals surface area contributed by atoms with Crippen LogP contribution < -0.4 is 0 Å². The summed E-state index contributed by atoms with van der Waals surface area (Å²) in [6.07, 6.45) is 4.54. The molecule has 0 bridgehead atoms. The van der Waals surface area contributed by atoms with Gasteiger partial charge in [0.1, 0.15) is 15.6 Å². The van der Waals surface area contributed by atoms with Crippen LogP contribution in [0.25, 0.3) is 34.2 Å². The summed E-state index contributed by atoms with van der Waals surface area (Å²) >= 11 is 6.89. The van der Waals surface area contributed by atoms with Gasteiger partial charge in [0.2, 0.25) is 0 Å². The second kappa shape index (κ2) is 9.60. The second-order valence-corrected chi connectivity index (χ2v) is 10.1. The highest BCUT2D eigenvalue weighted by atomic mass is 32.2. The lowest BCUT2D eigenvalue weighted by atomic mass is 10.1. The number of benzene rings is 3. The molecule has 1 aliphatic rings. The molecule has 6 rings (SSSR count). The summed E-state index contributed by atoms with van der Waals surface area (Å²) in [4.78, 5) is 15.6. The highest BCUT2D eigenvalue weighted by molar-refractivity contribution is 8.26. The van der Waals surface area contributed by atoms with E-state index in [1.54, 1.807) is 4.90 Å². The molecule has 0 saturated carbocycles. The zero-order valence-corrected chi connectivity index (χ0v) is 20.8. The lowest BCUT2D eigenvalue weighted by Gasteiger charge is -2.14. The van der Waals surface area contributed by atoms with E-state index in [0.717, 1.165) is 28.6 Å². The number of rotatable bonds is 6. The van der Waals surface area contributed by atoms with Crippen molar-refractivity contribution in [2.75, 3.05) is 6.54 Å². The molecule has 176 valence electrons. The summed E-state index contributed by atoms with van der Waals surface area (Å²) in [5, 5.41) is 5.84. The maximum atomic E-state index is 13.3. The highest BCUT2D eigenvalue weighted by Gasteiger charge is 2.32. The number of amides is 1. The Kier molecular flexibility index (Phi) is 6.01. The molecule has 36 heavy (non-hydrogen) atoms. The lowest BCUT2D eigenvalue weighted by molar-refractivity contribution is -0.122. The number of thioether (sulfide) groups is 1. The van der Waals surface area contributed by atoms with Crippen LogP contribution in [-0.4, -0.2) is 31.5 Å². The number of aromatic nitrogens is 2. The van der Waals surface area contributed by atoms with Crippen LogP contribution in [0.15, 0.2) is 107 Å². The third-order valence-corrected chi connectivity index (χ3v) is 7.43. The minimum atomic E-state index is -0.0797. The largest absolute Gasteiger partial charge is 0.454 e. The van der Waals surface area contributed by atoms with Crippen molar-refractivity contribution >= 4 is 51.3 Å². The quantitative estimate of drug-likeness (QED) is 0.188. The van der Waals surface area contributed by atoms with Crippen molar-refractivity contribution in [3.8, 4) is 17.1 Å². The number of fused-ring (bicyclic) bond motifs is 1. The van der Waals surface area contributed by atoms with Gasteiger partial charge in [-0.25, -0.2) is 4.68 Å². The van der Waals surface area contributed by atoms with E-state index in [-0.39, 0.29) is 5.91 Å². The molecule has 2 aromatic heterocycles. The number of furan rings is 1. The Morgan fingerprint density at radius 3 is 2.44 bits per heavy atom. The first-order valence-corrected chi connectivity index (χ1v) is 12.8. The normalized spacial score (nSPS) is 14.9. The molecule has 1 amide bonds. The average molecular weight is 508 g/mol. The van der Waals surface area contributed by atoms with Gasteiger partial charge in [-0.2, -0.15) is 5.10 Å². The molecule has 0 radical (unpaired) electrons. The molecule has 0 unspecified atom stereocenters. The maximum Gasteiger partial charge on any atom is 0.266 e. The third kappa shape index (κ3) is 4.39. The third-order valence-electron chi connectivity index (χ3n) is 6.05. The van der Waals surface area contributed by atoms with E-state index in [1.165, 1.54) is 17.3 Å². The van der Waals surface area contributed by atoms with Crippen molar-refractivity contribution in [1.29, 1.82) is 0 Å². The van der Waals surface area contributed by atoms with Gasteiger partial charge in [0.05, 0.1) is 10.6 Å². The van der Waals surface area contributed by atoms with Gasteiger partial charge in [-0.1, -0.05) is 90.7 Å². The molecular weight excluding hydrogens is 486 g/mol. The Bertz CT molecular complexity index is 1570. The topological polar surface area (TPSA) is 51.3 Å². The summed E-state index contributed by atoms with van der Waals surface area (Å²) in [6, 6.07) is 29.8. The van der Waals surface area contributed by atoms with Crippen molar-refractivity contribution in [3.63, 3.8) is 0 Å². The van der Waals surface area contributed by atoms with E-state index >= 15 is 0 Å². The SMILES string of the molecule is O=C1C(=Cc2cn(-c3ccccc3)nc2-c2cc3ccccc3o2)SC(=S)N1CCc1ccccc1. The van der Waals surface area contributed by atoms with Crippen LogP contribution in [0.3, 0.4) is 0 Å². The Morgan fingerprint density at radius 1 is 0.944 bits per heavy atom. The summed E-state index contributed by atoms with van der Waals surface area (Å²) in [5.41, 5.74) is 4.35. The van der Waals surface area contributed by atoms with E-state index < -0.39 is 0 Å². The van der Waals surface area contributed by atoms with Crippen molar-refractivity contribution in [1.82, 2.24) is 14.7 Å². The van der Waals surface area contributed by atoms with Gasteiger partial charge in [-0.15, -0.1) is 0 Å². The molecule has 0 spiro atoms. The maximum absolute atomic E-state index is 13.3. The molecule has 0 aliphatic carbocycles. The van der Waals surface area contributed by atoms with E-state index in [0.29, 0.717) is 27.2 Å². The van der Waals surface area contributed by atoms with Gasteiger partial charge in [0, 0.05) is 23.7 Å². The van der Waals surface area contributed by atoms with Gasteiger partial charge in [0.25, 0.3) is 5.91 Å². The first-order chi connectivity index (χ1) is 17.7. The molecule has 5 aromatic rings. The number of hydrogen-bond donors (Lipinski definition) is 0. The van der Waals surface area contributed by atoms with Crippen LogP contribution in [0.1, 0.15) is 11.1 Å². The average Bonchev–Trinajstić information content (AvgIpc) is 3.60. The summed E-state index contributed by atoms with van der Waals surface area (Å²) < 4.78 is 8.51. The first kappa shape index (κ1) is 22.5. The Hall–Kier alpha value is -3.94. The molecule has 1 saturated heterocycles. The number of thiocarbonyl (C=S) groups is 1. The van der Waals surface area contributed by atoms with E-state index in [2.05, 4.69) is 12.1 Å². The summed E-state index contributed by atoms with van der Waals surface area (Å²) in [5.74, 6) is 0.570. The number of nitrogens with zero attached hydrogens (tertiary/aromatic N) is 3. The number of hydrogen-bond acceptors (Lipinski definition) is 5. The molecule has 3 heterocycles. The van der Waals surface area contributed by atoms with Crippen LogP contribution in [0, 0.1) is 0 Å². The van der Waals surface area contributed by atoms with Crippen molar-refractivity contribution in [2.45, 2.75) is 6.42 Å². The van der Waals surface area contributed by atoms with E-state index in [4.69, 9.17) is 21.7 Å². The first-order valence-electron chi connectivity index (χ1n) is 11.6. The van der Waals surface area contributed by atoms with Gasteiger partial charge in [0.15, 0.2) is 5.76 Å². The molecule has 0 N–H and O–H groups in total. The van der Waals surface area contributed by atoms with Crippen molar-refractivity contribution in [3.05, 3.63) is 113 Å². The standard InChI is InChI=1S/C29H21N3O2S2/c33-28-26(36-29(35)31(28)16-15-20-9-3-1-4-10-20)18-22-19-32(23-12-5-2-6-13-23)30-27(22)25-17-21-11-7-8-14-24(21)34-25/h1-14,17-19H,15-16H2. The van der Waals surface area contributed by atoms with Crippen LogP contribution in [0.4, 0.5) is 0 Å². The fourth-order valence-corrected chi connectivity index (χ4v) is 5.52. The minimum absolute atomic E-state index is 0.0797. The molecular formula is C29H21N3O2S2. The second-order valence-electron chi connectivity index (χ2n) is 8.43. The van der Waals surface area contributed by atoms with E-state index in [1.807, 2.05) is 95.8 Å². The Balaban J connectivity index is 1.36. The zero-order chi connectivity index (χ0) is 24.5. The van der Waals surface area contributed by atoms with Crippen LogP contribution in [0.5, 0.6) is 0 Å². The van der Waals surface area contributed by atoms with Crippen molar-refractivity contribution < 1.29 is 9.21 Å². The highest BCUT2D eigenvalue weighted by Crippen LogP contribution is 2.36. The van der Waals surface area contributed by atoms with Crippen molar-refractivity contribution in [2.24, 2.45) is 0 Å². The number of para-hydroxylation sites is 2. The smallest absolute Gasteiger partial charge is 0.266 e. The lowest BCUT2D eigenvalue weighted by Crippen LogP contribution is -2.30. The van der Waals surface area contributed by atoms with Crippen LogP contribution in [-0.2, 0) is 11.2 Å². The van der Waals surface area contributed by atoms with Gasteiger partial charge >= 0.3 is 0 Å². The fraction of sp³-hybridized carbons (Fsp3) is 0.0690.